The van der Waals surface area contributed by atoms with E-state index in [1.807, 2.05) is 35.0 Å². The number of nitrogens with two attached hydrogens (primary N) is 1. The molecule has 0 atom stereocenters. The predicted molar refractivity (Wildman–Crippen MR) is 78.4 cm³/mol. The van der Waals surface area contributed by atoms with E-state index < -0.39 is 0 Å². The first kappa shape index (κ1) is 14.2. The van der Waals surface area contributed by atoms with Gasteiger partial charge in [-0.2, -0.15) is 0 Å². The topological polar surface area (TPSA) is 49.6 Å². The van der Waals surface area contributed by atoms with Crippen LogP contribution in [-0.2, 0) is 11.3 Å². The summed E-state index contributed by atoms with van der Waals surface area (Å²) in [5.74, 6) is 0.166. The van der Waals surface area contributed by atoms with E-state index in [0.29, 0.717) is 18.1 Å². The molecule has 1 aliphatic rings. The van der Waals surface area contributed by atoms with Crippen molar-refractivity contribution in [2.75, 3.05) is 31.6 Å². The first-order valence-electron chi connectivity index (χ1n) is 6.59. The number of hydrogen-bond acceptors (Lipinski definition) is 3. The minimum Gasteiger partial charge on any atom is -0.364 e. The zero-order chi connectivity index (χ0) is 13.8. The van der Waals surface area contributed by atoms with Crippen LogP contribution in [0.3, 0.4) is 0 Å². The molecule has 104 valence electrons. The maximum atomic E-state index is 12.1. The molecule has 1 aromatic carbocycles. The molecule has 0 bridgehead atoms. The van der Waals surface area contributed by atoms with Gasteiger partial charge in [-0.25, -0.2) is 0 Å². The van der Waals surface area contributed by atoms with Crippen LogP contribution in [0.4, 0.5) is 5.69 Å². The highest BCUT2D eigenvalue weighted by Gasteiger charge is 2.19. The highest BCUT2D eigenvalue weighted by Crippen LogP contribution is 2.26. The van der Waals surface area contributed by atoms with E-state index in [0.717, 1.165) is 37.2 Å². The van der Waals surface area contributed by atoms with Crippen molar-refractivity contribution in [1.29, 1.82) is 0 Å². The van der Waals surface area contributed by atoms with Crippen molar-refractivity contribution in [3.05, 3.63) is 28.8 Å². The molecule has 0 aliphatic carbocycles. The highest BCUT2D eigenvalue weighted by atomic mass is 35.5. The minimum absolute atomic E-state index is 0.166. The molecule has 0 spiro atoms. The summed E-state index contributed by atoms with van der Waals surface area (Å²) in [5, 5.41) is 0.639. The summed E-state index contributed by atoms with van der Waals surface area (Å²) in [6.07, 6.45) is 2.23. The molecule has 0 unspecified atom stereocenters. The van der Waals surface area contributed by atoms with Gasteiger partial charge in [0, 0.05) is 26.7 Å². The lowest BCUT2D eigenvalue weighted by molar-refractivity contribution is -0.128. The average Bonchev–Trinajstić information content (AvgIpc) is 2.92. The van der Waals surface area contributed by atoms with Crippen molar-refractivity contribution in [3.63, 3.8) is 0 Å². The summed E-state index contributed by atoms with van der Waals surface area (Å²) in [4.78, 5) is 15.9. The SMILES string of the molecule is CN(CC(=O)N1CCCC1)c1ccc(CN)cc1Cl. The largest absolute Gasteiger partial charge is 0.364 e. The van der Waals surface area contributed by atoms with Gasteiger partial charge in [0.05, 0.1) is 17.3 Å². The quantitative estimate of drug-likeness (QED) is 0.916. The molecule has 0 saturated carbocycles. The number of carbonyl (C=O) groups excluding carboxylic acids is 1. The maximum absolute atomic E-state index is 12.1. The smallest absolute Gasteiger partial charge is 0.242 e. The van der Waals surface area contributed by atoms with Gasteiger partial charge in [-0.1, -0.05) is 17.7 Å². The van der Waals surface area contributed by atoms with Crippen LogP contribution in [0.25, 0.3) is 0 Å². The summed E-state index contributed by atoms with van der Waals surface area (Å²) in [6, 6.07) is 5.72. The minimum atomic E-state index is 0.166. The Morgan fingerprint density at radius 2 is 2.11 bits per heavy atom. The number of rotatable bonds is 4. The first-order chi connectivity index (χ1) is 9.11. The second-order valence-corrected chi connectivity index (χ2v) is 5.34. The lowest BCUT2D eigenvalue weighted by atomic mass is 10.2. The summed E-state index contributed by atoms with van der Waals surface area (Å²) in [7, 11) is 1.89. The third-order valence-electron chi connectivity index (χ3n) is 3.49. The molecule has 19 heavy (non-hydrogen) atoms. The second kappa shape index (κ2) is 6.26. The average molecular weight is 282 g/mol. The van der Waals surface area contributed by atoms with Crippen LogP contribution in [0, 0.1) is 0 Å². The van der Waals surface area contributed by atoms with Gasteiger partial charge < -0.3 is 15.5 Å². The summed E-state index contributed by atoms with van der Waals surface area (Å²) >= 11 is 6.22. The van der Waals surface area contributed by atoms with E-state index in [2.05, 4.69) is 0 Å². The molecule has 1 fully saturated rings. The predicted octanol–water partition coefficient (Wildman–Crippen LogP) is 1.86. The van der Waals surface area contributed by atoms with Gasteiger partial charge in [0.1, 0.15) is 0 Å². The third-order valence-corrected chi connectivity index (χ3v) is 3.79. The Labute approximate surface area is 119 Å². The summed E-state index contributed by atoms with van der Waals surface area (Å²) < 4.78 is 0. The fourth-order valence-electron chi connectivity index (χ4n) is 2.34. The van der Waals surface area contributed by atoms with Crippen LogP contribution < -0.4 is 10.6 Å². The van der Waals surface area contributed by atoms with Crippen LogP contribution in [0.15, 0.2) is 18.2 Å². The van der Waals surface area contributed by atoms with Crippen molar-refractivity contribution in [1.82, 2.24) is 4.90 Å². The fourth-order valence-corrected chi connectivity index (χ4v) is 2.69. The molecule has 0 radical (unpaired) electrons. The fraction of sp³-hybridized carbons (Fsp3) is 0.500. The van der Waals surface area contributed by atoms with E-state index in [4.69, 9.17) is 17.3 Å². The third kappa shape index (κ3) is 3.39. The van der Waals surface area contributed by atoms with Gasteiger partial charge in [-0.15, -0.1) is 0 Å². The Hall–Kier alpha value is -1.26. The van der Waals surface area contributed by atoms with Gasteiger partial charge >= 0.3 is 0 Å². The van der Waals surface area contributed by atoms with Gasteiger partial charge in [0.2, 0.25) is 5.91 Å². The lowest BCUT2D eigenvalue weighted by Gasteiger charge is -2.23. The summed E-state index contributed by atoms with van der Waals surface area (Å²) in [5.41, 5.74) is 7.44. The van der Waals surface area contributed by atoms with Crippen LogP contribution in [-0.4, -0.2) is 37.5 Å². The number of nitrogens with zero attached hydrogens (tertiary/aromatic N) is 2. The van der Waals surface area contributed by atoms with Gasteiger partial charge in [0.15, 0.2) is 0 Å². The second-order valence-electron chi connectivity index (χ2n) is 4.93. The van der Waals surface area contributed by atoms with Gasteiger partial charge in [-0.05, 0) is 30.5 Å². The first-order valence-corrected chi connectivity index (χ1v) is 6.97. The number of likely N-dealkylation sites (tertiary alicyclic amines) is 1. The normalized spacial score (nSPS) is 14.8. The molecule has 2 rings (SSSR count). The van der Waals surface area contributed by atoms with E-state index in [9.17, 15) is 4.79 Å². The molecule has 0 aromatic heterocycles. The van der Waals surface area contributed by atoms with Crippen LogP contribution in [0.2, 0.25) is 5.02 Å². The van der Waals surface area contributed by atoms with Gasteiger partial charge in [0.25, 0.3) is 0 Å². The van der Waals surface area contributed by atoms with Crippen LogP contribution in [0.5, 0.6) is 0 Å². The molecule has 1 saturated heterocycles. The number of halogens is 1. The van der Waals surface area contributed by atoms with Crippen molar-refractivity contribution < 1.29 is 4.79 Å². The van der Waals surface area contributed by atoms with E-state index in [-0.39, 0.29) is 5.91 Å². The number of anilines is 1. The van der Waals surface area contributed by atoms with E-state index in [1.165, 1.54) is 0 Å². The van der Waals surface area contributed by atoms with Gasteiger partial charge in [-0.3, -0.25) is 4.79 Å². The Kier molecular flexibility index (Phi) is 4.66. The molecule has 5 heteroatoms. The molecule has 1 aromatic rings. The van der Waals surface area contributed by atoms with Crippen molar-refractivity contribution in [2.24, 2.45) is 5.73 Å². The number of hydrogen-bond donors (Lipinski definition) is 1. The molecular formula is C14H20ClN3O. The monoisotopic (exact) mass is 281 g/mol. The van der Waals surface area contributed by atoms with Crippen molar-refractivity contribution in [2.45, 2.75) is 19.4 Å². The molecule has 1 aliphatic heterocycles. The summed E-state index contributed by atoms with van der Waals surface area (Å²) in [6.45, 7) is 2.59. The molecule has 2 N–H and O–H groups in total. The van der Waals surface area contributed by atoms with E-state index in [1.54, 1.807) is 0 Å². The number of benzene rings is 1. The lowest BCUT2D eigenvalue weighted by Crippen LogP contribution is -2.37. The standard InChI is InChI=1S/C14H20ClN3O/c1-17(10-14(19)18-6-2-3-7-18)13-5-4-11(9-16)8-12(13)15/h4-5,8H,2-3,6-7,9-10,16H2,1H3. The van der Waals surface area contributed by atoms with Crippen LogP contribution >= 0.6 is 11.6 Å². The number of amides is 1. The highest BCUT2D eigenvalue weighted by molar-refractivity contribution is 6.33. The maximum Gasteiger partial charge on any atom is 0.242 e. The Morgan fingerprint density at radius 1 is 1.42 bits per heavy atom. The molecular weight excluding hydrogens is 262 g/mol. The Bertz CT molecular complexity index is 458. The molecule has 4 nitrogen and oxygen atoms in total. The Balaban J connectivity index is 2.02. The van der Waals surface area contributed by atoms with E-state index >= 15 is 0 Å². The number of carbonyl (C=O) groups is 1. The Morgan fingerprint density at radius 3 is 2.68 bits per heavy atom. The zero-order valence-corrected chi connectivity index (χ0v) is 12.0. The molecule has 1 amide bonds. The molecule has 1 heterocycles. The zero-order valence-electron chi connectivity index (χ0n) is 11.2. The number of likely N-dealkylation sites (N-methyl/N-ethyl adjacent to an activating group) is 1. The van der Waals surface area contributed by atoms with Crippen LogP contribution in [0.1, 0.15) is 18.4 Å². The van der Waals surface area contributed by atoms with Crippen molar-refractivity contribution >= 4 is 23.2 Å². The van der Waals surface area contributed by atoms with Crippen molar-refractivity contribution in [3.8, 4) is 0 Å².